The van der Waals surface area contributed by atoms with Gasteiger partial charge in [-0.05, 0) is 115 Å². The summed E-state index contributed by atoms with van der Waals surface area (Å²) in [6, 6.07) is 0. The predicted octanol–water partition coefficient (Wildman–Crippen LogP) is 2.16. The molecule has 0 aromatic rings. The van der Waals surface area contributed by atoms with Crippen LogP contribution in [-0.4, -0.2) is 135 Å². The van der Waals surface area contributed by atoms with Gasteiger partial charge in [-0.3, -0.25) is 9.35 Å². The van der Waals surface area contributed by atoms with Crippen molar-refractivity contribution in [1.29, 1.82) is 0 Å². The number of carbonyl (C=O) groups is 2. The lowest BCUT2D eigenvalue weighted by atomic mass is 9.34. The van der Waals surface area contributed by atoms with Gasteiger partial charge in [-0.15, -0.1) is 0 Å². The Bertz CT molecular complexity index is 1880. The van der Waals surface area contributed by atoms with Crippen molar-refractivity contribution in [2.24, 2.45) is 44.8 Å². The highest BCUT2D eigenvalue weighted by molar-refractivity contribution is 7.80. The Labute approximate surface area is 351 Å². The van der Waals surface area contributed by atoms with Crippen LogP contribution in [-0.2, 0) is 43.1 Å². The smallest absolute Gasteiger partial charge is 0.397 e. The molecule has 0 amide bonds. The Morgan fingerprint density at radius 1 is 0.833 bits per heavy atom. The van der Waals surface area contributed by atoms with Gasteiger partial charge in [0.25, 0.3) is 0 Å². The number of carbonyl (C=O) groups excluding carboxylic acids is 1. The average Bonchev–Trinajstić information content (AvgIpc) is 3.16. The molecule has 2 heterocycles. The first-order valence-electron chi connectivity index (χ1n) is 21.3. The minimum absolute atomic E-state index is 0.0821. The summed E-state index contributed by atoms with van der Waals surface area (Å²) in [6.07, 6.45) is -9.88. The summed E-state index contributed by atoms with van der Waals surface area (Å²) in [5, 5.41) is 72.7. The van der Waals surface area contributed by atoms with E-state index in [1.807, 2.05) is 0 Å². The second-order valence-corrected chi connectivity index (χ2v) is 21.2. The maximum absolute atomic E-state index is 14.6. The fourth-order valence-corrected chi connectivity index (χ4v) is 13.9. The topological polar surface area (TPSA) is 276 Å². The van der Waals surface area contributed by atoms with Gasteiger partial charge in [-0.25, -0.2) is 8.98 Å². The van der Waals surface area contributed by atoms with Crippen LogP contribution in [0.25, 0.3) is 0 Å². The second kappa shape index (κ2) is 15.6. The summed E-state index contributed by atoms with van der Waals surface area (Å²) < 4.78 is 60.5. The van der Waals surface area contributed by atoms with E-state index in [0.717, 1.165) is 42.4 Å². The molecule has 7 rings (SSSR count). The van der Waals surface area contributed by atoms with E-state index in [0.29, 0.717) is 32.1 Å². The first-order chi connectivity index (χ1) is 27.8. The number of fused-ring (bicyclic) bond motifs is 7. The molecule has 18 heteroatoms. The molecule has 2 aliphatic heterocycles. The maximum atomic E-state index is 14.6. The van der Waals surface area contributed by atoms with Crippen molar-refractivity contribution in [2.75, 3.05) is 6.61 Å². The molecule has 0 radical (unpaired) electrons. The number of ether oxygens (including phenoxy) is 4. The quantitative estimate of drug-likeness (QED) is 0.0986. The number of aliphatic carboxylic acids is 1. The number of aliphatic hydroxyl groups excluding tert-OH is 6. The monoisotopic (exact) mass is 872 g/mol. The van der Waals surface area contributed by atoms with Gasteiger partial charge in [0, 0.05) is 0 Å². The van der Waals surface area contributed by atoms with Crippen molar-refractivity contribution in [1.82, 2.24) is 0 Å². The summed E-state index contributed by atoms with van der Waals surface area (Å²) in [5.41, 5.74) is 0.835. The second-order valence-electron chi connectivity index (χ2n) is 20.2. The fraction of sp³-hybridized carbons (Fsp3) is 0.857. The van der Waals surface area contributed by atoms with E-state index >= 15 is 0 Å². The minimum atomic E-state index is -5.20. The van der Waals surface area contributed by atoms with Crippen LogP contribution in [0.2, 0.25) is 0 Å². The summed E-state index contributed by atoms with van der Waals surface area (Å²) in [6.45, 7) is 14.8. The molecule has 340 valence electrons. The van der Waals surface area contributed by atoms with Gasteiger partial charge in [-0.2, -0.15) is 8.42 Å². The van der Waals surface area contributed by atoms with Crippen LogP contribution in [0.5, 0.6) is 0 Å². The minimum Gasteiger partial charge on any atom is -0.479 e. The van der Waals surface area contributed by atoms with Crippen LogP contribution in [0.4, 0.5) is 0 Å². The maximum Gasteiger partial charge on any atom is 0.397 e. The number of hydrogen-bond donors (Lipinski definition) is 8. The molecular weight excluding hydrogens is 809 g/mol. The molecule has 17 nitrogen and oxygen atoms in total. The van der Waals surface area contributed by atoms with E-state index in [-0.39, 0.29) is 34.0 Å². The Kier molecular flexibility index (Phi) is 11.9. The van der Waals surface area contributed by atoms with Gasteiger partial charge in [0.15, 0.2) is 12.4 Å². The first kappa shape index (κ1) is 45.9. The normalized spacial score (nSPS) is 49.1. The molecule has 60 heavy (non-hydrogen) atoms. The Hall–Kier alpha value is -2.07. The van der Waals surface area contributed by atoms with Crippen molar-refractivity contribution >= 4 is 22.3 Å². The lowest BCUT2D eigenvalue weighted by Gasteiger charge is -2.70. The predicted molar refractivity (Wildman–Crippen MR) is 208 cm³/mol. The molecule has 0 bridgehead atoms. The van der Waals surface area contributed by atoms with Crippen LogP contribution in [0.15, 0.2) is 22.8 Å². The molecule has 0 aromatic heterocycles. The van der Waals surface area contributed by atoms with Crippen LogP contribution in [0.3, 0.4) is 0 Å². The highest BCUT2D eigenvalue weighted by atomic mass is 32.3. The first-order valence-corrected chi connectivity index (χ1v) is 22.6. The van der Waals surface area contributed by atoms with Gasteiger partial charge < -0.3 is 54.7 Å². The Balaban J connectivity index is 1.17. The van der Waals surface area contributed by atoms with Crippen molar-refractivity contribution in [2.45, 2.75) is 174 Å². The largest absolute Gasteiger partial charge is 0.479 e. The lowest BCUT2D eigenvalue weighted by molar-refractivity contribution is -0.321. The van der Waals surface area contributed by atoms with Gasteiger partial charge in [0.05, 0.1) is 18.1 Å². The van der Waals surface area contributed by atoms with E-state index in [9.17, 15) is 58.3 Å². The standard InChI is InChI=1S/C42H64O17S/c1-19-10-15-42(37(51)58-35-29(46)28(45)27(44)22(18-43)55-35)17-16-40(6)21(26(42)20(19)2)8-9-24-39(5)13-12-25(38(3,4)23(39)11-14-41(24,40)7)56-36-31(48)32(59-60(52,53)54)30(47)33(57-36)34(49)50/h8,19,22-25,27-33,35-36,43-48H,9-18H2,1-7H3,(H,49,50)(H,52,53,54)/t19-,22+,23-,24+,25-,27+,28-,29+,30-,31+,32-,33-,35-,36+,39-,40+,41+,42-/m0/s1. The van der Waals surface area contributed by atoms with Crippen LogP contribution >= 0.6 is 0 Å². The molecule has 8 N–H and O–H groups in total. The molecule has 0 spiro atoms. The Morgan fingerprint density at radius 3 is 2.15 bits per heavy atom. The van der Waals surface area contributed by atoms with E-state index < -0.39 is 107 Å². The third kappa shape index (κ3) is 6.94. The number of hydrogen-bond acceptors (Lipinski definition) is 15. The van der Waals surface area contributed by atoms with E-state index in [1.165, 1.54) is 0 Å². The number of carboxylic acids is 1. The molecule has 2 saturated heterocycles. The third-order valence-corrected chi connectivity index (χ3v) is 17.6. The summed E-state index contributed by atoms with van der Waals surface area (Å²) in [5.74, 6) is -1.72. The molecule has 7 aliphatic rings. The SMILES string of the molecule is CC1=C2C3=CC[C@@H]4[C@@]5(C)CC[C@H](O[C@@H]6O[C@H](C(=O)O)[C@@H](O)[C@H](OS(=O)(=O)O)[C@H]6O)C(C)(C)[C@@H]5CC[C@@]4(C)[C@]3(C)CC[C@@]2(C(=O)O[C@@H]2O[C@H](CO)[C@@H](O)[C@H](O)[C@H]2O)CC[C@@H]1C. The van der Waals surface area contributed by atoms with Crippen LogP contribution < -0.4 is 0 Å². The summed E-state index contributed by atoms with van der Waals surface area (Å²) >= 11 is 0. The van der Waals surface area contributed by atoms with Crippen molar-refractivity contribution in [3.05, 3.63) is 22.8 Å². The zero-order valence-electron chi connectivity index (χ0n) is 35.4. The number of allylic oxidation sites excluding steroid dienone is 3. The number of aliphatic hydroxyl groups is 6. The average molecular weight is 873 g/mol. The van der Waals surface area contributed by atoms with Crippen molar-refractivity contribution in [3.8, 4) is 0 Å². The molecular formula is C42H64O17S. The highest BCUT2D eigenvalue weighted by Gasteiger charge is 2.69. The Morgan fingerprint density at radius 2 is 1.52 bits per heavy atom. The van der Waals surface area contributed by atoms with E-state index in [1.54, 1.807) is 0 Å². The summed E-state index contributed by atoms with van der Waals surface area (Å²) in [4.78, 5) is 26.6. The number of rotatable bonds is 8. The lowest BCUT2D eigenvalue weighted by Crippen LogP contribution is -2.66. The molecule has 0 aromatic carbocycles. The van der Waals surface area contributed by atoms with Crippen LogP contribution in [0.1, 0.15) is 106 Å². The third-order valence-electron chi connectivity index (χ3n) is 17.1. The van der Waals surface area contributed by atoms with Gasteiger partial charge >= 0.3 is 22.3 Å². The van der Waals surface area contributed by atoms with Crippen molar-refractivity contribution < 1.29 is 81.4 Å². The van der Waals surface area contributed by atoms with E-state index in [4.69, 9.17) is 18.9 Å². The van der Waals surface area contributed by atoms with E-state index in [2.05, 4.69) is 58.7 Å². The number of esters is 1. The van der Waals surface area contributed by atoms with Crippen molar-refractivity contribution in [3.63, 3.8) is 0 Å². The fourth-order valence-electron chi connectivity index (χ4n) is 13.4. The zero-order valence-corrected chi connectivity index (χ0v) is 36.2. The van der Waals surface area contributed by atoms with Gasteiger partial charge in [0.2, 0.25) is 6.29 Å². The summed E-state index contributed by atoms with van der Waals surface area (Å²) in [7, 11) is -5.20. The highest BCUT2D eigenvalue weighted by Crippen LogP contribution is 2.75. The molecule has 3 saturated carbocycles. The van der Waals surface area contributed by atoms with Crippen LogP contribution in [0, 0.1) is 44.8 Å². The molecule has 5 fully saturated rings. The zero-order chi connectivity index (χ0) is 44.3. The molecule has 0 unspecified atom stereocenters. The van der Waals surface area contributed by atoms with Gasteiger partial charge in [0.1, 0.15) is 42.7 Å². The number of carboxylic acid groups (broad SMARTS) is 1. The molecule has 18 atom stereocenters. The molecule has 5 aliphatic carbocycles. The van der Waals surface area contributed by atoms with Gasteiger partial charge in [-0.1, -0.05) is 53.2 Å².